The molecule has 0 aromatic carbocycles. The van der Waals surface area contributed by atoms with Gasteiger partial charge in [0.25, 0.3) is 0 Å². The Bertz CT molecular complexity index is 312. The molecular weight excluding hydrogens is 234 g/mol. The molecule has 16 heavy (non-hydrogen) atoms. The highest BCUT2D eigenvalue weighted by Crippen LogP contribution is 2.07. The number of hydrogen-bond donors (Lipinski definition) is 1. The number of sulfonamides is 1. The van der Waals surface area contributed by atoms with Gasteiger partial charge in [-0.2, -0.15) is 4.31 Å². The lowest BCUT2D eigenvalue weighted by Crippen LogP contribution is -2.42. The number of nitrogens with zero attached hydrogens (tertiary/aromatic N) is 1. The first-order chi connectivity index (χ1) is 7.31. The van der Waals surface area contributed by atoms with Gasteiger partial charge in [0.2, 0.25) is 10.0 Å². The maximum absolute atomic E-state index is 11.8. The summed E-state index contributed by atoms with van der Waals surface area (Å²) < 4.78 is 29.4. The summed E-state index contributed by atoms with van der Waals surface area (Å²) in [7, 11) is -3.56. The zero-order valence-electron chi connectivity index (χ0n) is 9.84. The Morgan fingerprint density at radius 2 is 2.00 bits per heavy atom. The lowest BCUT2D eigenvalue weighted by Gasteiger charge is -2.23. The minimum Gasteiger partial charge on any atom is -0.480 e. The highest BCUT2D eigenvalue weighted by molar-refractivity contribution is 7.89. The van der Waals surface area contributed by atoms with Crippen molar-refractivity contribution in [2.75, 3.05) is 25.5 Å². The molecular formula is C9H19NO5S. The van der Waals surface area contributed by atoms with Crippen LogP contribution in [0.5, 0.6) is 0 Å². The topological polar surface area (TPSA) is 83.9 Å². The molecule has 0 heterocycles. The quantitative estimate of drug-likeness (QED) is 0.622. The molecule has 0 radical (unpaired) electrons. The molecule has 1 N–H and O–H groups in total. The van der Waals surface area contributed by atoms with Crippen LogP contribution in [0.2, 0.25) is 0 Å². The second-order valence-electron chi connectivity index (χ2n) is 3.55. The van der Waals surface area contributed by atoms with E-state index in [1.165, 1.54) is 0 Å². The van der Waals surface area contributed by atoms with Gasteiger partial charge in [0.1, 0.15) is 6.54 Å². The molecule has 0 saturated heterocycles. The first-order valence-corrected chi connectivity index (χ1v) is 6.71. The van der Waals surface area contributed by atoms with E-state index in [9.17, 15) is 13.2 Å². The Labute approximate surface area is 96.2 Å². The van der Waals surface area contributed by atoms with Gasteiger partial charge >= 0.3 is 5.97 Å². The molecule has 0 bridgehead atoms. The summed E-state index contributed by atoms with van der Waals surface area (Å²) in [6.07, 6.45) is 0. The molecule has 6 nitrogen and oxygen atoms in total. The van der Waals surface area contributed by atoms with Gasteiger partial charge in [-0.25, -0.2) is 8.42 Å². The third kappa shape index (κ3) is 5.43. The monoisotopic (exact) mass is 253 g/mol. The van der Waals surface area contributed by atoms with Gasteiger partial charge in [0.05, 0.1) is 12.4 Å². The fourth-order valence-electron chi connectivity index (χ4n) is 1.16. The fourth-order valence-corrected chi connectivity index (χ4v) is 2.67. The zero-order valence-corrected chi connectivity index (χ0v) is 10.7. The smallest absolute Gasteiger partial charge is 0.318 e. The lowest BCUT2D eigenvalue weighted by atomic mass is 10.4. The highest BCUT2D eigenvalue weighted by Gasteiger charge is 2.26. The van der Waals surface area contributed by atoms with E-state index in [4.69, 9.17) is 9.84 Å². The van der Waals surface area contributed by atoms with E-state index in [-0.39, 0.29) is 18.4 Å². The van der Waals surface area contributed by atoms with Crippen molar-refractivity contribution in [3.05, 3.63) is 0 Å². The van der Waals surface area contributed by atoms with Gasteiger partial charge in [-0.1, -0.05) is 0 Å². The summed E-state index contributed by atoms with van der Waals surface area (Å²) in [6, 6.07) is -0.372. The van der Waals surface area contributed by atoms with Crippen LogP contribution in [0, 0.1) is 0 Å². The molecule has 0 amide bonds. The number of hydrogen-bond acceptors (Lipinski definition) is 4. The van der Waals surface area contributed by atoms with Gasteiger partial charge in [0, 0.05) is 12.6 Å². The second kappa shape index (κ2) is 6.82. The SMILES string of the molecule is CCOCCS(=O)(=O)N(CC(=O)O)C(C)C. The largest absolute Gasteiger partial charge is 0.480 e. The highest BCUT2D eigenvalue weighted by atomic mass is 32.2. The molecule has 0 aliphatic rings. The molecule has 0 aromatic heterocycles. The van der Waals surface area contributed by atoms with Crippen LogP contribution in [0.3, 0.4) is 0 Å². The van der Waals surface area contributed by atoms with E-state index in [1.54, 1.807) is 20.8 Å². The number of rotatable bonds is 8. The Morgan fingerprint density at radius 3 is 2.38 bits per heavy atom. The van der Waals surface area contributed by atoms with Crippen molar-refractivity contribution < 1.29 is 23.1 Å². The number of carboxylic acids is 1. The van der Waals surface area contributed by atoms with Crippen LogP contribution in [0.15, 0.2) is 0 Å². The minimum atomic E-state index is -3.56. The van der Waals surface area contributed by atoms with Crippen molar-refractivity contribution in [1.29, 1.82) is 0 Å². The van der Waals surface area contributed by atoms with Crippen LogP contribution in [-0.4, -0.2) is 55.4 Å². The molecule has 0 aliphatic carbocycles. The van der Waals surface area contributed by atoms with Crippen LogP contribution < -0.4 is 0 Å². The van der Waals surface area contributed by atoms with Crippen LogP contribution in [0.25, 0.3) is 0 Å². The fraction of sp³-hybridized carbons (Fsp3) is 0.889. The van der Waals surface area contributed by atoms with Crippen LogP contribution in [0.4, 0.5) is 0 Å². The summed E-state index contributed by atoms with van der Waals surface area (Å²) in [6.45, 7) is 5.07. The third-order valence-electron chi connectivity index (χ3n) is 1.91. The van der Waals surface area contributed by atoms with Crippen molar-refractivity contribution in [3.8, 4) is 0 Å². The normalized spacial score (nSPS) is 12.3. The first kappa shape index (κ1) is 15.3. The number of carboxylic acid groups (broad SMARTS) is 1. The second-order valence-corrected chi connectivity index (χ2v) is 5.59. The summed E-state index contributed by atoms with van der Waals surface area (Å²) in [5.41, 5.74) is 0. The summed E-state index contributed by atoms with van der Waals surface area (Å²) in [5, 5.41) is 8.63. The van der Waals surface area contributed by atoms with E-state index >= 15 is 0 Å². The average Bonchev–Trinajstić information content (AvgIpc) is 2.13. The summed E-state index contributed by atoms with van der Waals surface area (Å²) >= 11 is 0. The molecule has 0 saturated carbocycles. The Hall–Kier alpha value is -0.660. The van der Waals surface area contributed by atoms with E-state index in [0.29, 0.717) is 6.61 Å². The van der Waals surface area contributed by atoms with Crippen LogP contribution >= 0.6 is 0 Å². The van der Waals surface area contributed by atoms with Crippen molar-refractivity contribution in [1.82, 2.24) is 4.31 Å². The molecule has 0 aliphatic heterocycles. The molecule has 0 aromatic rings. The number of aliphatic carboxylic acids is 1. The minimum absolute atomic E-state index is 0.0850. The van der Waals surface area contributed by atoms with Crippen molar-refractivity contribution >= 4 is 16.0 Å². The predicted octanol–water partition coefficient (Wildman–Crippen LogP) is 0.148. The molecule has 96 valence electrons. The van der Waals surface area contributed by atoms with Gasteiger partial charge in [-0.05, 0) is 20.8 Å². The van der Waals surface area contributed by atoms with Gasteiger partial charge < -0.3 is 9.84 Å². The number of ether oxygens (including phenoxy) is 1. The van der Waals surface area contributed by atoms with E-state index < -0.39 is 22.5 Å². The van der Waals surface area contributed by atoms with Crippen molar-refractivity contribution in [3.63, 3.8) is 0 Å². The Kier molecular flexibility index (Phi) is 6.54. The summed E-state index contributed by atoms with van der Waals surface area (Å²) in [4.78, 5) is 10.6. The van der Waals surface area contributed by atoms with Crippen LogP contribution in [-0.2, 0) is 19.6 Å². The van der Waals surface area contributed by atoms with E-state index in [0.717, 1.165) is 4.31 Å². The van der Waals surface area contributed by atoms with Crippen molar-refractivity contribution in [2.45, 2.75) is 26.8 Å². The molecule has 7 heteroatoms. The van der Waals surface area contributed by atoms with Gasteiger partial charge in [0.15, 0.2) is 0 Å². The molecule has 0 rings (SSSR count). The molecule has 0 unspecified atom stereocenters. The van der Waals surface area contributed by atoms with Gasteiger partial charge in [-0.3, -0.25) is 4.79 Å². The van der Waals surface area contributed by atoms with Gasteiger partial charge in [-0.15, -0.1) is 0 Å². The van der Waals surface area contributed by atoms with Crippen LogP contribution in [0.1, 0.15) is 20.8 Å². The van der Waals surface area contributed by atoms with E-state index in [2.05, 4.69) is 0 Å². The maximum Gasteiger partial charge on any atom is 0.318 e. The van der Waals surface area contributed by atoms with Crippen molar-refractivity contribution in [2.24, 2.45) is 0 Å². The average molecular weight is 253 g/mol. The molecule has 0 fully saturated rings. The zero-order chi connectivity index (χ0) is 12.8. The third-order valence-corrected chi connectivity index (χ3v) is 3.86. The standard InChI is InChI=1S/C9H19NO5S/c1-4-15-5-6-16(13,14)10(8(2)3)7-9(11)12/h8H,4-7H2,1-3H3,(H,11,12). The first-order valence-electron chi connectivity index (χ1n) is 5.10. The maximum atomic E-state index is 11.8. The summed E-state index contributed by atoms with van der Waals surface area (Å²) in [5.74, 6) is -1.35. The Balaban J connectivity index is 4.57. The number of carbonyl (C=O) groups is 1. The molecule has 0 spiro atoms. The molecule has 0 atom stereocenters. The Morgan fingerprint density at radius 1 is 1.44 bits per heavy atom. The lowest BCUT2D eigenvalue weighted by molar-refractivity contribution is -0.137. The van der Waals surface area contributed by atoms with E-state index in [1.807, 2.05) is 0 Å². The predicted molar refractivity (Wildman–Crippen MR) is 59.8 cm³/mol.